The van der Waals surface area contributed by atoms with Gasteiger partial charge >= 0.3 is 0 Å². The summed E-state index contributed by atoms with van der Waals surface area (Å²) >= 11 is 0. The lowest BCUT2D eigenvalue weighted by atomic mass is 9.83. The van der Waals surface area contributed by atoms with Crippen LogP contribution in [-0.2, 0) is 14.6 Å². The van der Waals surface area contributed by atoms with E-state index in [4.69, 9.17) is 9.73 Å². The molecule has 1 aliphatic carbocycles. The summed E-state index contributed by atoms with van der Waals surface area (Å²) in [6, 6.07) is 8.64. The van der Waals surface area contributed by atoms with Gasteiger partial charge in [-0.05, 0) is 57.1 Å². The van der Waals surface area contributed by atoms with Crippen LogP contribution in [0, 0.1) is 5.41 Å². The summed E-state index contributed by atoms with van der Waals surface area (Å²) in [5, 5.41) is 6.57. The van der Waals surface area contributed by atoms with Gasteiger partial charge in [-0.1, -0.05) is 31.0 Å². The SMILES string of the molecule is CCNC(=NCC1(CCOCC)CCCC1)NCCCS(=O)(=O)c1ccccc1.I. The fraction of sp³-hybridized carbons (Fsp3) is 0.682. The predicted octanol–water partition coefficient (Wildman–Crippen LogP) is 4.01. The number of rotatable bonds is 12. The Balaban J connectivity index is 0.00000450. The van der Waals surface area contributed by atoms with E-state index in [-0.39, 0.29) is 35.1 Å². The van der Waals surface area contributed by atoms with E-state index in [1.165, 1.54) is 25.7 Å². The maximum absolute atomic E-state index is 12.4. The van der Waals surface area contributed by atoms with Gasteiger partial charge in [-0.3, -0.25) is 4.99 Å². The highest BCUT2D eigenvalue weighted by Crippen LogP contribution is 2.41. The van der Waals surface area contributed by atoms with E-state index in [9.17, 15) is 8.42 Å². The van der Waals surface area contributed by atoms with Crippen LogP contribution >= 0.6 is 24.0 Å². The number of ether oxygens (including phenoxy) is 1. The Morgan fingerprint density at radius 3 is 2.47 bits per heavy atom. The van der Waals surface area contributed by atoms with Crippen LogP contribution in [0.5, 0.6) is 0 Å². The lowest BCUT2D eigenvalue weighted by Gasteiger charge is -2.27. The highest BCUT2D eigenvalue weighted by molar-refractivity contribution is 14.0. The first-order valence-electron chi connectivity index (χ1n) is 10.9. The molecular weight excluding hydrogens is 513 g/mol. The normalized spacial score (nSPS) is 16.1. The standard InChI is InChI=1S/C22H37N3O3S.HI/c1-3-23-21(25-19-22(13-8-9-14-22)15-17-28-4-2)24-16-10-18-29(26,27)20-11-6-5-7-12-20;/h5-7,11-12H,3-4,8-10,13-19H2,1-2H3,(H2,23,24,25);1H. The van der Waals surface area contributed by atoms with E-state index in [1.807, 2.05) is 19.9 Å². The van der Waals surface area contributed by atoms with Crippen LogP contribution in [0.15, 0.2) is 40.2 Å². The summed E-state index contributed by atoms with van der Waals surface area (Å²) in [7, 11) is -3.23. The molecule has 0 aliphatic heterocycles. The van der Waals surface area contributed by atoms with Gasteiger partial charge in [-0.25, -0.2) is 8.42 Å². The summed E-state index contributed by atoms with van der Waals surface area (Å²) in [4.78, 5) is 5.22. The first-order valence-corrected chi connectivity index (χ1v) is 12.5. The van der Waals surface area contributed by atoms with Crippen LogP contribution in [0.2, 0.25) is 0 Å². The van der Waals surface area contributed by atoms with Gasteiger partial charge in [0.25, 0.3) is 0 Å². The molecule has 1 aliphatic rings. The van der Waals surface area contributed by atoms with Crippen molar-refractivity contribution in [1.29, 1.82) is 0 Å². The zero-order valence-electron chi connectivity index (χ0n) is 18.4. The van der Waals surface area contributed by atoms with E-state index >= 15 is 0 Å². The van der Waals surface area contributed by atoms with Crippen LogP contribution in [-0.4, -0.2) is 53.0 Å². The Morgan fingerprint density at radius 2 is 1.83 bits per heavy atom. The van der Waals surface area contributed by atoms with Crippen molar-refractivity contribution in [1.82, 2.24) is 10.6 Å². The second-order valence-electron chi connectivity index (χ2n) is 7.76. The number of nitrogens with one attached hydrogen (secondary N) is 2. The second kappa shape index (κ2) is 14.2. The second-order valence-corrected chi connectivity index (χ2v) is 9.87. The molecule has 0 spiro atoms. The monoisotopic (exact) mass is 551 g/mol. The fourth-order valence-corrected chi connectivity index (χ4v) is 5.18. The lowest BCUT2D eigenvalue weighted by Crippen LogP contribution is -2.39. The molecule has 2 N–H and O–H groups in total. The van der Waals surface area contributed by atoms with Crippen molar-refractivity contribution in [2.24, 2.45) is 10.4 Å². The van der Waals surface area contributed by atoms with Crippen molar-refractivity contribution in [2.45, 2.75) is 57.3 Å². The molecule has 8 heteroatoms. The first kappa shape index (κ1) is 27.2. The molecule has 0 saturated heterocycles. The predicted molar refractivity (Wildman–Crippen MR) is 135 cm³/mol. The van der Waals surface area contributed by atoms with E-state index in [0.29, 0.717) is 17.9 Å². The smallest absolute Gasteiger partial charge is 0.191 e. The average molecular weight is 552 g/mol. The van der Waals surface area contributed by atoms with Crippen molar-refractivity contribution < 1.29 is 13.2 Å². The van der Waals surface area contributed by atoms with E-state index in [2.05, 4.69) is 10.6 Å². The molecule has 0 atom stereocenters. The third kappa shape index (κ3) is 9.09. The van der Waals surface area contributed by atoms with Crippen LogP contribution in [0.1, 0.15) is 52.4 Å². The van der Waals surface area contributed by atoms with Gasteiger partial charge in [0.1, 0.15) is 0 Å². The Bertz CT molecular complexity index is 720. The Kier molecular flexibility index (Phi) is 12.9. The minimum Gasteiger partial charge on any atom is -0.382 e. The Labute approximate surface area is 199 Å². The zero-order chi connectivity index (χ0) is 21.0. The third-order valence-electron chi connectivity index (χ3n) is 5.55. The maximum atomic E-state index is 12.4. The third-order valence-corrected chi connectivity index (χ3v) is 7.36. The van der Waals surface area contributed by atoms with Crippen molar-refractivity contribution in [2.75, 3.05) is 38.6 Å². The number of aliphatic imine (C=N–C) groups is 1. The van der Waals surface area contributed by atoms with Gasteiger partial charge < -0.3 is 15.4 Å². The molecule has 1 saturated carbocycles. The summed E-state index contributed by atoms with van der Waals surface area (Å²) in [5.41, 5.74) is 0.244. The van der Waals surface area contributed by atoms with Crippen molar-refractivity contribution >= 4 is 39.8 Å². The molecule has 1 aromatic rings. The van der Waals surface area contributed by atoms with Crippen LogP contribution in [0.4, 0.5) is 0 Å². The number of hydrogen-bond acceptors (Lipinski definition) is 4. The highest BCUT2D eigenvalue weighted by atomic mass is 127. The van der Waals surface area contributed by atoms with Crippen LogP contribution in [0.3, 0.4) is 0 Å². The van der Waals surface area contributed by atoms with Gasteiger partial charge in [-0.2, -0.15) is 0 Å². The van der Waals surface area contributed by atoms with Gasteiger partial charge in [0.2, 0.25) is 0 Å². The molecule has 30 heavy (non-hydrogen) atoms. The molecule has 0 bridgehead atoms. The van der Waals surface area contributed by atoms with Crippen LogP contribution < -0.4 is 10.6 Å². The van der Waals surface area contributed by atoms with Gasteiger partial charge in [0, 0.05) is 32.8 Å². The highest BCUT2D eigenvalue weighted by Gasteiger charge is 2.33. The van der Waals surface area contributed by atoms with Gasteiger partial charge in [-0.15, -0.1) is 24.0 Å². The molecule has 1 aromatic carbocycles. The quantitative estimate of drug-likeness (QED) is 0.178. The minimum absolute atomic E-state index is 0. The fourth-order valence-electron chi connectivity index (χ4n) is 3.85. The Morgan fingerprint density at radius 1 is 1.13 bits per heavy atom. The van der Waals surface area contributed by atoms with Gasteiger partial charge in [0.15, 0.2) is 15.8 Å². The maximum Gasteiger partial charge on any atom is 0.191 e. The molecule has 0 radical (unpaired) electrons. The van der Waals surface area contributed by atoms with E-state index in [0.717, 1.165) is 38.7 Å². The summed E-state index contributed by atoms with van der Waals surface area (Å²) in [6.45, 7) is 7.77. The number of guanidine groups is 1. The molecule has 172 valence electrons. The molecule has 2 rings (SSSR count). The number of nitrogens with zero attached hydrogens (tertiary/aromatic N) is 1. The molecule has 0 unspecified atom stereocenters. The topological polar surface area (TPSA) is 79.8 Å². The van der Waals surface area contributed by atoms with E-state index in [1.54, 1.807) is 24.3 Å². The molecule has 0 aromatic heterocycles. The summed E-state index contributed by atoms with van der Waals surface area (Å²) in [5.74, 6) is 0.897. The summed E-state index contributed by atoms with van der Waals surface area (Å²) in [6.07, 6.45) is 6.54. The summed E-state index contributed by atoms with van der Waals surface area (Å²) < 4.78 is 30.4. The molecular formula is C22H38IN3O3S. The van der Waals surface area contributed by atoms with Crippen molar-refractivity contribution in [3.05, 3.63) is 30.3 Å². The molecule has 6 nitrogen and oxygen atoms in total. The lowest BCUT2D eigenvalue weighted by molar-refractivity contribution is 0.107. The molecule has 0 heterocycles. The number of sulfone groups is 1. The number of hydrogen-bond donors (Lipinski definition) is 2. The molecule has 1 fully saturated rings. The van der Waals surface area contributed by atoms with Crippen molar-refractivity contribution in [3.63, 3.8) is 0 Å². The minimum atomic E-state index is -3.23. The average Bonchev–Trinajstić information content (AvgIpc) is 3.19. The molecule has 0 amide bonds. The number of halogens is 1. The number of benzene rings is 1. The zero-order valence-corrected chi connectivity index (χ0v) is 21.5. The van der Waals surface area contributed by atoms with Crippen LogP contribution in [0.25, 0.3) is 0 Å². The first-order chi connectivity index (χ1) is 14.0. The Hall–Kier alpha value is -0.870. The largest absolute Gasteiger partial charge is 0.382 e. The van der Waals surface area contributed by atoms with E-state index < -0.39 is 9.84 Å². The van der Waals surface area contributed by atoms with Crippen molar-refractivity contribution in [3.8, 4) is 0 Å². The van der Waals surface area contributed by atoms with Gasteiger partial charge in [0.05, 0.1) is 10.6 Å².